The number of ether oxygens (including phenoxy) is 1. The number of para-hydroxylation sites is 2. The van der Waals surface area contributed by atoms with Crippen molar-refractivity contribution in [1.29, 1.82) is 0 Å². The van der Waals surface area contributed by atoms with E-state index in [1.54, 1.807) is 25.1 Å². The second-order valence-corrected chi connectivity index (χ2v) is 10.1. The first kappa shape index (κ1) is 26.3. The summed E-state index contributed by atoms with van der Waals surface area (Å²) in [5.74, 6) is -0.683. The number of nitro groups is 1. The Balaban J connectivity index is 1.46. The van der Waals surface area contributed by atoms with E-state index >= 15 is 0 Å². The number of amides is 1. The average Bonchev–Trinajstić information content (AvgIpc) is 3.20. The molecule has 0 bridgehead atoms. The van der Waals surface area contributed by atoms with Crippen LogP contribution in [0.4, 0.5) is 16.4 Å². The van der Waals surface area contributed by atoms with Gasteiger partial charge in [-0.15, -0.1) is 11.3 Å². The maximum Gasteiger partial charge on any atom is 0.341 e. The van der Waals surface area contributed by atoms with Crippen molar-refractivity contribution in [3.05, 3.63) is 74.6 Å². The average molecular weight is 523 g/mol. The summed E-state index contributed by atoms with van der Waals surface area (Å²) in [7, 11) is 0. The number of piperazine rings is 1. The molecule has 3 aromatic rings. The number of hydrogen-bond donors (Lipinski definition) is 1. The molecule has 0 atom stereocenters. The van der Waals surface area contributed by atoms with Crippen LogP contribution in [0.1, 0.15) is 27.7 Å². The van der Waals surface area contributed by atoms with Gasteiger partial charge in [0.05, 0.1) is 18.1 Å². The summed E-state index contributed by atoms with van der Waals surface area (Å²) in [4.78, 5) is 41.8. The minimum absolute atomic E-state index is 0.0811. The highest BCUT2D eigenvalue weighted by molar-refractivity contribution is 7.17. The fraction of sp³-hybridized carbons (Fsp3) is 0.333. The van der Waals surface area contributed by atoms with E-state index in [1.807, 2.05) is 47.9 Å². The zero-order valence-corrected chi connectivity index (χ0v) is 22.0. The molecule has 0 unspecified atom stereocenters. The normalized spacial score (nSPS) is 13.9. The van der Waals surface area contributed by atoms with Gasteiger partial charge in [-0.05, 0) is 32.4 Å². The molecule has 37 heavy (non-hydrogen) atoms. The van der Waals surface area contributed by atoms with Gasteiger partial charge in [0.25, 0.3) is 5.69 Å². The smallest absolute Gasteiger partial charge is 0.341 e. The van der Waals surface area contributed by atoms with E-state index in [-0.39, 0.29) is 29.7 Å². The predicted octanol–water partition coefficient (Wildman–Crippen LogP) is 4.88. The summed E-state index contributed by atoms with van der Waals surface area (Å²) < 4.78 is 5.33. The number of nitrogens with zero attached hydrogens (tertiary/aromatic N) is 3. The Morgan fingerprint density at radius 1 is 1.05 bits per heavy atom. The molecule has 0 radical (unpaired) electrons. The molecule has 1 aliphatic heterocycles. The molecule has 194 valence electrons. The van der Waals surface area contributed by atoms with Gasteiger partial charge in [-0.1, -0.05) is 42.0 Å². The second-order valence-electron chi connectivity index (χ2n) is 8.88. The van der Waals surface area contributed by atoms with Crippen molar-refractivity contribution in [3.8, 4) is 11.1 Å². The van der Waals surface area contributed by atoms with Gasteiger partial charge in [-0.2, -0.15) is 0 Å². The minimum atomic E-state index is -0.462. The lowest BCUT2D eigenvalue weighted by Gasteiger charge is -2.35. The maximum absolute atomic E-state index is 13.0. The van der Waals surface area contributed by atoms with E-state index in [2.05, 4.69) is 5.32 Å². The Labute approximate surface area is 219 Å². The van der Waals surface area contributed by atoms with Gasteiger partial charge >= 0.3 is 5.97 Å². The number of carbonyl (C=O) groups is 2. The molecule has 1 aromatic heterocycles. The largest absolute Gasteiger partial charge is 0.462 e. The third-order valence-electron chi connectivity index (χ3n) is 6.32. The lowest BCUT2D eigenvalue weighted by molar-refractivity contribution is -0.384. The van der Waals surface area contributed by atoms with Gasteiger partial charge in [0.1, 0.15) is 16.3 Å². The van der Waals surface area contributed by atoms with Crippen LogP contribution < -0.4 is 10.2 Å². The summed E-state index contributed by atoms with van der Waals surface area (Å²) in [5, 5.41) is 14.8. The number of benzene rings is 2. The first-order valence-corrected chi connectivity index (χ1v) is 13.0. The van der Waals surface area contributed by atoms with E-state index in [9.17, 15) is 19.7 Å². The molecule has 1 N–H and O–H groups in total. The van der Waals surface area contributed by atoms with Crippen molar-refractivity contribution >= 4 is 39.6 Å². The van der Waals surface area contributed by atoms with Crippen molar-refractivity contribution in [3.63, 3.8) is 0 Å². The standard InChI is InChI=1S/C27H30N4O5S/c1-4-36-27(33)25-24(20-11-9-18(2)10-12-20)19(3)37-26(25)28-23(32)17-29-13-15-30(16-14-29)21-7-5-6-8-22(21)31(34)35/h5-12H,4,13-17H2,1-3H3,(H,28,32). The molecule has 1 fully saturated rings. The Hall–Kier alpha value is -3.76. The summed E-state index contributed by atoms with van der Waals surface area (Å²) in [6, 6.07) is 14.6. The Morgan fingerprint density at radius 3 is 2.38 bits per heavy atom. The number of carbonyl (C=O) groups excluding carboxylic acids is 2. The van der Waals surface area contributed by atoms with Gasteiger partial charge in [0.2, 0.25) is 5.91 Å². The van der Waals surface area contributed by atoms with E-state index in [0.29, 0.717) is 42.4 Å². The molecule has 2 heterocycles. The first-order chi connectivity index (χ1) is 17.8. The van der Waals surface area contributed by atoms with Crippen LogP contribution in [0.3, 0.4) is 0 Å². The molecule has 0 aliphatic carbocycles. The monoisotopic (exact) mass is 522 g/mol. The molecule has 1 aliphatic rings. The number of rotatable bonds is 8. The number of nitrogens with one attached hydrogen (secondary N) is 1. The summed E-state index contributed by atoms with van der Waals surface area (Å²) in [6.45, 7) is 8.39. The van der Waals surface area contributed by atoms with Crippen molar-refractivity contribution in [2.75, 3.05) is 49.5 Å². The Bertz CT molecular complexity index is 1300. The number of thiophene rings is 1. The van der Waals surface area contributed by atoms with Crippen LogP contribution in [0.2, 0.25) is 0 Å². The molecule has 9 nitrogen and oxygen atoms in total. The van der Waals surface area contributed by atoms with Crippen molar-refractivity contribution in [1.82, 2.24) is 4.90 Å². The van der Waals surface area contributed by atoms with E-state index < -0.39 is 5.97 Å². The molecular formula is C27H30N4O5S. The summed E-state index contributed by atoms with van der Waals surface area (Å²) in [5.41, 5.74) is 3.84. The van der Waals surface area contributed by atoms with Gasteiger partial charge in [-0.3, -0.25) is 19.8 Å². The number of anilines is 2. The molecule has 0 spiro atoms. The van der Waals surface area contributed by atoms with E-state index in [0.717, 1.165) is 21.6 Å². The molecule has 0 saturated carbocycles. The highest BCUT2D eigenvalue weighted by Crippen LogP contribution is 2.40. The van der Waals surface area contributed by atoms with Crippen LogP contribution in [0.15, 0.2) is 48.5 Å². The van der Waals surface area contributed by atoms with Gasteiger partial charge in [0.15, 0.2) is 0 Å². The highest BCUT2D eigenvalue weighted by atomic mass is 32.1. The molecule has 10 heteroatoms. The number of hydrogen-bond acceptors (Lipinski definition) is 8. The second kappa shape index (κ2) is 11.5. The first-order valence-electron chi connectivity index (χ1n) is 12.2. The van der Waals surface area contributed by atoms with Crippen LogP contribution in [0.5, 0.6) is 0 Å². The number of esters is 1. The van der Waals surface area contributed by atoms with Gasteiger partial charge in [0, 0.05) is 42.7 Å². The fourth-order valence-corrected chi connectivity index (χ4v) is 5.58. The van der Waals surface area contributed by atoms with Crippen LogP contribution >= 0.6 is 11.3 Å². The minimum Gasteiger partial charge on any atom is -0.462 e. The van der Waals surface area contributed by atoms with Gasteiger partial charge in [-0.25, -0.2) is 4.79 Å². The van der Waals surface area contributed by atoms with Crippen LogP contribution in [-0.4, -0.2) is 61.0 Å². The topological polar surface area (TPSA) is 105 Å². The molecule has 1 amide bonds. The van der Waals surface area contributed by atoms with Crippen LogP contribution in [0, 0.1) is 24.0 Å². The molecule has 4 rings (SSSR count). The Morgan fingerprint density at radius 2 is 1.73 bits per heavy atom. The van der Waals surface area contributed by atoms with Crippen LogP contribution in [-0.2, 0) is 9.53 Å². The SMILES string of the molecule is CCOC(=O)c1c(NC(=O)CN2CCN(c3ccccc3[N+](=O)[O-])CC2)sc(C)c1-c1ccc(C)cc1. The summed E-state index contributed by atoms with van der Waals surface area (Å²) >= 11 is 1.36. The van der Waals surface area contributed by atoms with Crippen molar-refractivity contribution in [2.45, 2.75) is 20.8 Å². The van der Waals surface area contributed by atoms with E-state index in [1.165, 1.54) is 17.4 Å². The fourth-order valence-electron chi connectivity index (χ4n) is 4.50. The quantitative estimate of drug-likeness (QED) is 0.255. The number of nitro benzene ring substituents is 1. The van der Waals surface area contributed by atoms with E-state index in [4.69, 9.17) is 4.74 Å². The lowest BCUT2D eigenvalue weighted by atomic mass is 10.0. The zero-order chi connectivity index (χ0) is 26.5. The highest BCUT2D eigenvalue weighted by Gasteiger charge is 2.27. The predicted molar refractivity (Wildman–Crippen MR) is 146 cm³/mol. The third-order valence-corrected chi connectivity index (χ3v) is 7.34. The third kappa shape index (κ3) is 5.98. The molecule has 1 saturated heterocycles. The Kier molecular flexibility index (Phi) is 8.20. The lowest BCUT2D eigenvalue weighted by Crippen LogP contribution is -2.48. The molecule has 2 aromatic carbocycles. The zero-order valence-electron chi connectivity index (χ0n) is 21.2. The van der Waals surface area contributed by atoms with Crippen molar-refractivity contribution in [2.24, 2.45) is 0 Å². The van der Waals surface area contributed by atoms with Gasteiger partial charge < -0.3 is 15.0 Å². The summed E-state index contributed by atoms with van der Waals surface area (Å²) in [6.07, 6.45) is 0. The number of aryl methyl sites for hydroxylation is 2. The van der Waals surface area contributed by atoms with Crippen LogP contribution in [0.25, 0.3) is 11.1 Å². The van der Waals surface area contributed by atoms with Crippen molar-refractivity contribution < 1.29 is 19.2 Å². The maximum atomic E-state index is 13.0. The molecular weight excluding hydrogens is 492 g/mol.